The molecule has 2 aromatic rings. The molecule has 0 bridgehead atoms. The van der Waals surface area contributed by atoms with Crippen molar-refractivity contribution in [3.05, 3.63) is 56.4 Å². The van der Waals surface area contributed by atoms with Gasteiger partial charge in [-0.1, -0.05) is 11.6 Å². The Morgan fingerprint density at radius 3 is 2.90 bits per heavy atom. The van der Waals surface area contributed by atoms with E-state index in [1.165, 1.54) is 24.4 Å². The van der Waals surface area contributed by atoms with E-state index < -0.39 is 10.8 Å². The summed E-state index contributed by atoms with van der Waals surface area (Å²) in [5.74, 6) is -0.503. The summed E-state index contributed by atoms with van der Waals surface area (Å²) >= 11 is 5.89. The molecule has 0 aliphatic carbocycles. The summed E-state index contributed by atoms with van der Waals surface area (Å²) in [6, 6.07) is 5.49. The molecule has 1 aromatic carbocycles. The SMILES string of the molecule is Cc1cc(C(=O)N/N=C\c2cc([N+](=O)[O-])ccc2Cl)n[nH]1. The Bertz CT molecular complexity index is 725. The van der Waals surface area contributed by atoms with Crippen LogP contribution in [0.1, 0.15) is 21.7 Å². The zero-order valence-electron chi connectivity index (χ0n) is 10.8. The number of hydrogen-bond donors (Lipinski definition) is 2. The van der Waals surface area contributed by atoms with Gasteiger partial charge in [0.05, 0.1) is 11.1 Å². The Hall–Kier alpha value is -2.74. The largest absolute Gasteiger partial charge is 0.291 e. The van der Waals surface area contributed by atoms with Gasteiger partial charge in [-0.2, -0.15) is 10.2 Å². The second kappa shape index (κ2) is 6.14. The van der Waals surface area contributed by atoms with Gasteiger partial charge in [-0.25, -0.2) is 5.43 Å². The number of carbonyl (C=O) groups excluding carboxylic acids is 1. The number of nitrogens with zero attached hydrogens (tertiary/aromatic N) is 3. The maximum absolute atomic E-state index is 11.7. The Balaban J connectivity index is 2.09. The zero-order valence-corrected chi connectivity index (χ0v) is 11.6. The van der Waals surface area contributed by atoms with Crippen LogP contribution in [0.25, 0.3) is 0 Å². The van der Waals surface area contributed by atoms with Crippen LogP contribution in [0.5, 0.6) is 0 Å². The fraction of sp³-hybridized carbons (Fsp3) is 0.0833. The van der Waals surface area contributed by atoms with Gasteiger partial charge in [-0.05, 0) is 19.1 Å². The van der Waals surface area contributed by atoms with E-state index in [1.54, 1.807) is 13.0 Å². The molecule has 1 aromatic heterocycles. The molecule has 0 aliphatic rings. The lowest BCUT2D eigenvalue weighted by atomic mass is 10.2. The van der Waals surface area contributed by atoms with E-state index in [4.69, 9.17) is 11.6 Å². The molecular formula is C12H10ClN5O3. The predicted molar refractivity (Wildman–Crippen MR) is 76.5 cm³/mol. The highest BCUT2D eigenvalue weighted by Gasteiger charge is 2.09. The number of halogens is 1. The highest BCUT2D eigenvalue weighted by molar-refractivity contribution is 6.33. The van der Waals surface area contributed by atoms with Crippen molar-refractivity contribution in [2.24, 2.45) is 5.10 Å². The first-order chi connectivity index (χ1) is 9.97. The summed E-state index contributed by atoms with van der Waals surface area (Å²) in [5.41, 5.74) is 3.40. The number of H-pyrrole nitrogens is 1. The number of nitro groups is 1. The van der Waals surface area contributed by atoms with Gasteiger partial charge in [0.1, 0.15) is 0 Å². The van der Waals surface area contributed by atoms with E-state index in [9.17, 15) is 14.9 Å². The Kier molecular flexibility index (Phi) is 4.29. The number of nitro benzene ring substituents is 1. The third-order valence-electron chi connectivity index (χ3n) is 2.50. The van der Waals surface area contributed by atoms with E-state index in [0.717, 1.165) is 5.69 Å². The zero-order chi connectivity index (χ0) is 15.4. The topological polar surface area (TPSA) is 113 Å². The average Bonchev–Trinajstić information content (AvgIpc) is 2.87. The fourth-order valence-electron chi connectivity index (χ4n) is 1.50. The van der Waals surface area contributed by atoms with Crippen LogP contribution in [-0.4, -0.2) is 27.2 Å². The van der Waals surface area contributed by atoms with Crippen molar-refractivity contribution in [3.63, 3.8) is 0 Å². The molecule has 0 fully saturated rings. The van der Waals surface area contributed by atoms with Crippen LogP contribution in [0, 0.1) is 17.0 Å². The van der Waals surface area contributed by atoms with Crippen molar-refractivity contribution >= 4 is 29.4 Å². The molecule has 1 amide bonds. The van der Waals surface area contributed by atoms with Gasteiger partial charge in [-0.3, -0.25) is 20.0 Å². The molecule has 1 heterocycles. The first kappa shape index (κ1) is 14.7. The standard InChI is InChI=1S/C12H10ClN5O3/c1-7-4-11(16-15-7)12(19)17-14-6-8-5-9(18(20)21)2-3-10(8)13/h2-6H,1H3,(H,15,16)(H,17,19)/b14-6-. The molecule has 0 spiro atoms. The van der Waals surface area contributed by atoms with Gasteiger partial charge in [-0.15, -0.1) is 0 Å². The molecule has 108 valence electrons. The third-order valence-corrected chi connectivity index (χ3v) is 2.84. The molecule has 9 heteroatoms. The van der Waals surface area contributed by atoms with E-state index >= 15 is 0 Å². The normalized spacial score (nSPS) is 10.8. The van der Waals surface area contributed by atoms with Crippen molar-refractivity contribution in [1.29, 1.82) is 0 Å². The number of amides is 1. The monoisotopic (exact) mass is 307 g/mol. The summed E-state index contributed by atoms with van der Waals surface area (Å²) in [6.07, 6.45) is 1.23. The van der Waals surface area contributed by atoms with E-state index in [0.29, 0.717) is 5.56 Å². The Morgan fingerprint density at radius 1 is 1.52 bits per heavy atom. The lowest BCUT2D eigenvalue weighted by Crippen LogP contribution is -2.18. The lowest BCUT2D eigenvalue weighted by molar-refractivity contribution is -0.384. The van der Waals surface area contributed by atoms with E-state index in [-0.39, 0.29) is 16.4 Å². The highest BCUT2D eigenvalue weighted by Crippen LogP contribution is 2.20. The van der Waals surface area contributed by atoms with Gasteiger partial charge in [0, 0.05) is 28.4 Å². The number of non-ortho nitro benzene ring substituents is 1. The second-order valence-corrected chi connectivity index (χ2v) is 4.51. The molecule has 21 heavy (non-hydrogen) atoms. The second-order valence-electron chi connectivity index (χ2n) is 4.10. The Morgan fingerprint density at radius 2 is 2.29 bits per heavy atom. The van der Waals surface area contributed by atoms with Gasteiger partial charge >= 0.3 is 0 Å². The van der Waals surface area contributed by atoms with Crippen LogP contribution in [0.3, 0.4) is 0 Å². The predicted octanol–water partition coefficient (Wildman–Crippen LogP) is 2.04. The van der Waals surface area contributed by atoms with Crippen LogP contribution in [-0.2, 0) is 0 Å². The number of aromatic nitrogens is 2. The number of aromatic amines is 1. The minimum absolute atomic E-state index is 0.116. The van der Waals surface area contributed by atoms with Crippen molar-refractivity contribution in [2.45, 2.75) is 6.92 Å². The van der Waals surface area contributed by atoms with Gasteiger partial charge in [0.25, 0.3) is 11.6 Å². The van der Waals surface area contributed by atoms with Gasteiger partial charge in [0.2, 0.25) is 0 Å². The van der Waals surface area contributed by atoms with Gasteiger partial charge in [0.15, 0.2) is 5.69 Å². The number of rotatable bonds is 4. The first-order valence-corrected chi connectivity index (χ1v) is 6.14. The quantitative estimate of drug-likeness (QED) is 0.511. The molecule has 2 N–H and O–H groups in total. The molecular weight excluding hydrogens is 298 g/mol. The van der Waals surface area contributed by atoms with E-state index in [1.807, 2.05) is 0 Å². The Labute approximate surface area is 124 Å². The average molecular weight is 308 g/mol. The number of hydrazone groups is 1. The summed E-state index contributed by atoms with van der Waals surface area (Å²) in [6.45, 7) is 1.76. The summed E-state index contributed by atoms with van der Waals surface area (Å²) in [4.78, 5) is 21.8. The lowest BCUT2D eigenvalue weighted by Gasteiger charge is -1.98. The number of nitrogens with one attached hydrogen (secondary N) is 2. The molecule has 0 atom stereocenters. The van der Waals surface area contributed by atoms with Crippen LogP contribution in [0.15, 0.2) is 29.4 Å². The van der Waals surface area contributed by atoms with Crippen LogP contribution in [0.4, 0.5) is 5.69 Å². The maximum atomic E-state index is 11.7. The summed E-state index contributed by atoms with van der Waals surface area (Å²) in [5, 5.41) is 21.1. The molecule has 0 saturated heterocycles. The van der Waals surface area contributed by atoms with Gasteiger partial charge < -0.3 is 0 Å². The molecule has 8 nitrogen and oxygen atoms in total. The molecule has 0 radical (unpaired) electrons. The van der Waals surface area contributed by atoms with E-state index in [2.05, 4.69) is 20.7 Å². The molecule has 0 unspecified atom stereocenters. The molecule has 2 rings (SSSR count). The summed E-state index contributed by atoms with van der Waals surface area (Å²) < 4.78 is 0. The molecule has 0 saturated carbocycles. The van der Waals surface area contributed by atoms with Crippen molar-refractivity contribution in [1.82, 2.24) is 15.6 Å². The smallest absolute Gasteiger partial charge is 0.282 e. The fourth-order valence-corrected chi connectivity index (χ4v) is 1.66. The minimum Gasteiger partial charge on any atom is -0.282 e. The van der Waals surface area contributed by atoms with Crippen LogP contribution < -0.4 is 5.43 Å². The minimum atomic E-state index is -0.543. The third kappa shape index (κ3) is 3.63. The number of carbonyl (C=O) groups is 1. The number of benzene rings is 1. The summed E-state index contributed by atoms with van der Waals surface area (Å²) in [7, 11) is 0. The van der Waals surface area contributed by atoms with Crippen molar-refractivity contribution < 1.29 is 9.72 Å². The molecule has 0 aliphatic heterocycles. The maximum Gasteiger partial charge on any atom is 0.291 e. The highest BCUT2D eigenvalue weighted by atomic mass is 35.5. The number of aryl methyl sites for hydroxylation is 1. The van der Waals surface area contributed by atoms with Crippen molar-refractivity contribution in [3.8, 4) is 0 Å². The first-order valence-electron chi connectivity index (χ1n) is 5.76. The van der Waals surface area contributed by atoms with Crippen LogP contribution >= 0.6 is 11.6 Å². The van der Waals surface area contributed by atoms with Crippen LogP contribution in [0.2, 0.25) is 5.02 Å². The van der Waals surface area contributed by atoms with Crippen molar-refractivity contribution in [2.75, 3.05) is 0 Å². The number of hydrogen-bond acceptors (Lipinski definition) is 5.